The van der Waals surface area contributed by atoms with Crippen molar-refractivity contribution in [1.29, 1.82) is 0 Å². The van der Waals surface area contributed by atoms with Gasteiger partial charge in [0.1, 0.15) is 11.9 Å². The zero-order chi connectivity index (χ0) is 51.4. The smallest absolute Gasteiger partial charge is 0.271 e. The molecule has 1 atom stereocenters. The Morgan fingerprint density at radius 3 is 2.05 bits per heavy atom. The van der Waals surface area contributed by atoms with Crippen LogP contribution in [0.3, 0.4) is 0 Å². The van der Waals surface area contributed by atoms with Crippen LogP contribution in [0.5, 0.6) is 0 Å². The van der Waals surface area contributed by atoms with Crippen molar-refractivity contribution < 1.29 is 47.7 Å². The molecule has 2 aromatic heterocycles. The number of piperidine rings is 1. The lowest BCUT2D eigenvalue weighted by atomic mass is 10.1. The summed E-state index contributed by atoms with van der Waals surface area (Å²) < 4.78 is 23.7. The first kappa shape index (κ1) is 53.8. The van der Waals surface area contributed by atoms with Gasteiger partial charge in [0.25, 0.3) is 11.8 Å². The number of carbonyl (C=O) groups is 6. The molecule has 1 unspecified atom stereocenters. The third-order valence-corrected chi connectivity index (χ3v) is 12.3. The highest BCUT2D eigenvalue weighted by Gasteiger charge is 2.27. The second kappa shape index (κ2) is 27.8. The lowest BCUT2D eigenvalue weighted by Crippen LogP contribution is -2.49. The molecule has 0 aliphatic carbocycles. The van der Waals surface area contributed by atoms with E-state index in [-0.39, 0.29) is 91.5 Å². The number of nitrogens with zero attached hydrogens (tertiary/aromatic N) is 5. The number of halogens is 2. The number of aromatic nitrogens is 3. The molecule has 0 radical (unpaired) electrons. The fraction of sp³-hybridized carbons (Fsp3) is 0.373. The number of carbonyl (C=O) groups excluding carboxylic acids is 6. The summed E-state index contributed by atoms with van der Waals surface area (Å²) in [7, 11) is 0. The van der Waals surface area contributed by atoms with Crippen molar-refractivity contribution in [2.45, 2.75) is 31.7 Å². The number of imide groups is 1. The van der Waals surface area contributed by atoms with E-state index in [9.17, 15) is 28.8 Å². The summed E-state index contributed by atoms with van der Waals surface area (Å²) in [6.45, 7) is 5.31. The fourth-order valence-electron chi connectivity index (χ4n) is 7.79. The van der Waals surface area contributed by atoms with Gasteiger partial charge in [0.2, 0.25) is 23.6 Å². The van der Waals surface area contributed by atoms with Crippen LogP contribution in [0.25, 0.3) is 16.9 Å². The summed E-state index contributed by atoms with van der Waals surface area (Å²) in [6.07, 6.45) is 2.85. The van der Waals surface area contributed by atoms with Crippen LogP contribution in [0.15, 0.2) is 97.2 Å². The number of piperazine rings is 1. The fourth-order valence-corrected chi connectivity index (χ4v) is 8.36. The number of hydrogen-bond donors (Lipinski definition) is 5. The van der Waals surface area contributed by atoms with E-state index in [1.165, 1.54) is 16.8 Å². The third kappa shape index (κ3) is 16.3. The Morgan fingerprint density at radius 2 is 1.36 bits per heavy atom. The van der Waals surface area contributed by atoms with Gasteiger partial charge in [-0.1, -0.05) is 47.5 Å². The molecule has 0 saturated carbocycles. The van der Waals surface area contributed by atoms with Gasteiger partial charge in [-0.25, -0.2) is 4.68 Å². The second-order valence-electron chi connectivity index (χ2n) is 16.8. The molecule has 2 aliphatic rings. The van der Waals surface area contributed by atoms with E-state index in [0.717, 1.165) is 11.4 Å². The largest absolute Gasteiger partial charge is 0.379 e. The Morgan fingerprint density at radius 1 is 0.685 bits per heavy atom. The first-order valence-corrected chi connectivity index (χ1v) is 24.7. The molecule has 386 valence electrons. The zero-order valence-corrected chi connectivity index (χ0v) is 41.6. The van der Waals surface area contributed by atoms with Gasteiger partial charge in [-0.2, -0.15) is 5.10 Å². The van der Waals surface area contributed by atoms with Crippen LogP contribution in [-0.4, -0.2) is 153 Å². The number of benzene rings is 3. The number of rotatable bonds is 26. The van der Waals surface area contributed by atoms with Gasteiger partial charge in [0.05, 0.1) is 86.3 Å². The predicted octanol–water partition coefficient (Wildman–Crippen LogP) is 4.75. The van der Waals surface area contributed by atoms with Crippen molar-refractivity contribution in [3.8, 4) is 16.9 Å². The molecule has 2 aliphatic heterocycles. The van der Waals surface area contributed by atoms with Crippen LogP contribution in [0, 0.1) is 0 Å². The van der Waals surface area contributed by atoms with Gasteiger partial charge in [0, 0.05) is 81.3 Å². The highest BCUT2D eigenvalue weighted by Crippen LogP contribution is 2.33. The van der Waals surface area contributed by atoms with Crippen molar-refractivity contribution in [1.82, 2.24) is 35.6 Å². The Hall–Kier alpha value is -6.94. The van der Waals surface area contributed by atoms with Crippen LogP contribution >= 0.6 is 23.2 Å². The van der Waals surface area contributed by atoms with Crippen molar-refractivity contribution in [2.24, 2.45) is 0 Å². The first-order chi connectivity index (χ1) is 35.5. The lowest BCUT2D eigenvalue weighted by molar-refractivity contribution is -0.134. The summed E-state index contributed by atoms with van der Waals surface area (Å²) in [6, 6.07) is 26.2. The molecular formula is C51H58Cl2N10O10. The van der Waals surface area contributed by atoms with Gasteiger partial charge in [0.15, 0.2) is 5.69 Å². The van der Waals surface area contributed by atoms with Crippen molar-refractivity contribution in [3.05, 3.63) is 118 Å². The number of amides is 6. The maximum atomic E-state index is 13.6. The number of pyridine rings is 1. The molecule has 22 heteroatoms. The highest BCUT2D eigenvalue weighted by molar-refractivity contribution is 6.38. The molecule has 5 aromatic rings. The maximum absolute atomic E-state index is 13.6. The summed E-state index contributed by atoms with van der Waals surface area (Å²) in [4.78, 5) is 83.6. The van der Waals surface area contributed by atoms with E-state index in [0.29, 0.717) is 94.0 Å². The molecule has 3 aromatic carbocycles. The molecule has 6 amide bonds. The lowest BCUT2D eigenvalue weighted by Gasteiger charge is -2.36. The third-order valence-electron chi connectivity index (χ3n) is 11.6. The van der Waals surface area contributed by atoms with E-state index in [2.05, 4.69) is 41.6 Å². The first-order valence-electron chi connectivity index (χ1n) is 24.0. The molecule has 0 bridgehead atoms. The summed E-state index contributed by atoms with van der Waals surface area (Å²) in [5.74, 6) is -1.50. The normalized spacial score (nSPS) is 14.6. The van der Waals surface area contributed by atoms with Crippen molar-refractivity contribution in [2.75, 3.05) is 108 Å². The minimum absolute atomic E-state index is 0.0430. The Labute approximate surface area is 432 Å². The Kier molecular flexibility index (Phi) is 20.5. The van der Waals surface area contributed by atoms with Gasteiger partial charge in [-0.05, 0) is 67.1 Å². The standard InChI is InChI=1S/C51H58Cl2N10O10/c52-40-33-41(53)39(32-38(40)42-8-4-5-17-54-42)49(67)58-45-34-44(60-63(45)37-6-2-1-3-7-37)50(68)56-19-27-72-26-18-55-46(64)15-24-70-28-30-73-31-29-71-25-16-48(66)62-22-20-61(21-23-62)36-11-9-35(10-12-36)57-43-13-14-47(65)59-51(43)69/h1-12,17,32-34,43,57H,13-16,18-31H2,(H,55,64)(H,56,68)(H,58,67)(H,59,65,69). The molecule has 20 nitrogen and oxygen atoms in total. The number of anilines is 3. The Bertz CT molecular complexity index is 2650. The second-order valence-corrected chi connectivity index (χ2v) is 17.6. The van der Waals surface area contributed by atoms with E-state index in [1.54, 1.807) is 48.7 Å². The minimum Gasteiger partial charge on any atom is -0.379 e. The molecular weight excluding hydrogens is 984 g/mol. The molecule has 73 heavy (non-hydrogen) atoms. The van der Waals surface area contributed by atoms with Gasteiger partial charge in [-0.3, -0.25) is 39.1 Å². The van der Waals surface area contributed by atoms with E-state index < -0.39 is 17.9 Å². The summed E-state index contributed by atoms with van der Waals surface area (Å²) >= 11 is 12.9. The molecule has 7 rings (SSSR count). The van der Waals surface area contributed by atoms with Gasteiger partial charge >= 0.3 is 0 Å². The van der Waals surface area contributed by atoms with Gasteiger partial charge < -0.3 is 50.0 Å². The monoisotopic (exact) mass is 1040 g/mol. The van der Waals surface area contributed by atoms with E-state index >= 15 is 0 Å². The van der Waals surface area contributed by atoms with Crippen LogP contribution < -0.4 is 31.5 Å². The number of hydrogen-bond acceptors (Lipinski definition) is 14. The maximum Gasteiger partial charge on any atom is 0.271 e. The molecule has 0 spiro atoms. The minimum atomic E-state index is -0.544. The van der Waals surface area contributed by atoms with Crippen LogP contribution in [0.4, 0.5) is 17.2 Å². The summed E-state index contributed by atoms with van der Waals surface area (Å²) in [5.41, 5.74) is 3.75. The topological polar surface area (TPSA) is 237 Å². The molecule has 2 fully saturated rings. The zero-order valence-electron chi connectivity index (χ0n) is 40.1. The Balaban J connectivity index is 0.686. The number of nitrogens with one attached hydrogen (secondary N) is 5. The predicted molar refractivity (Wildman–Crippen MR) is 274 cm³/mol. The average molecular weight is 1040 g/mol. The van der Waals surface area contributed by atoms with Crippen LogP contribution in [0.1, 0.15) is 46.5 Å². The quantitative estimate of drug-likeness (QED) is 0.0372. The van der Waals surface area contributed by atoms with Crippen LogP contribution in [-0.2, 0) is 38.1 Å². The van der Waals surface area contributed by atoms with E-state index in [4.69, 9.17) is 42.1 Å². The van der Waals surface area contributed by atoms with Crippen molar-refractivity contribution in [3.63, 3.8) is 0 Å². The van der Waals surface area contributed by atoms with Crippen molar-refractivity contribution >= 4 is 75.8 Å². The number of para-hydroxylation sites is 1. The summed E-state index contributed by atoms with van der Waals surface area (Å²) in [5, 5.41) is 18.8. The van der Waals surface area contributed by atoms with E-state index in [1.807, 2.05) is 41.3 Å². The molecule has 2 saturated heterocycles. The molecule has 5 N–H and O–H groups in total. The SMILES string of the molecule is O=C(CCOCCOCCOCCC(=O)N1CCN(c2ccc(NC3CCC(=O)NC3=O)cc2)CC1)NCCOCCNC(=O)c1cc(NC(=O)c2cc(-c3ccccn3)c(Cl)cc2Cl)n(-c2ccccc2)n1. The van der Waals surface area contributed by atoms with Gasteiger partial charge in [-0.15, -0.1) is 0 Å². The highest BCUT2D eigenvalue weighted by atomic mass is 35.5. The number of ether oxygens (including phenoxy) is 4. The molecule has 4 heterocycles. The average Bonchev–Trinajstić information content (AvgIpc) is 3.82. The van der Waals surface area contributed by atoms with Crippen LogP contribution in [0.2, 0.25) is 10.0 Å².